The number of hydrogen-bond acceptors (Lipinski definition) is 3. The first-order chi connectivity index (χ1) is 9.16. The number of pyridine rings is 1. The van der Waals surface area contributed by atoms with Gasteiger partial charge in [-0.15, -0.1) is 0 Å². The predicted octanol–water partition coefficient (Wildman–Crippen LogP) is 1.82. The third-order valence-corrected chi connectivity index (χ3v) is 3.63. The Kier molecular flexibility index (Phi) is 4.91. The second kappa shape index (κ2) is 6.66. The summed E-state index contributed by atoms with van der Waals surface area (Å²) in [5.74, 6) is 0.742. The van der Waals surface area contributed by atoms with Gasteiger partial charge in [-0.25, -0.2) is 0 Å². The summed E-state index contributed by atoms with van der Waals surface area (Å²) in [5.41, 5.74) is 0.953. The van der Waals surface area contributed by atoms with Crippen molar-refractivity contribution in [2.24, 2.45) is 5.92 Å². The van der Waals surface area contributed by atoms with Crippen molar-refractivity contribution in [3.63, 3.8) is 0 Å². The van der Waals surface area contributed by atoms with Crippen LogP contribution in [0.1, 0.15) is 32.4 Å². The number of amides is 1. The number of carbonyl (C=O) groups excluding carboxylic acids is 1. The lowest BCUT2D eigenvalue weighted by atomic mass is 10.0. The molecule has 1 saturated heterocycles. The fraction of sp³-hybridized carbons (Fsp3) is 0.600. The number of carbonyl (C=O) groups is 1. The third-order valence-electron chi connectivity index (χ3n) is 3.63. The highest BCUT2D eigenvalue weighted by Gasteiger charge is 2.23. The van der Waals surface area contributed by atoms with Gasteiger partial charge in [0.25, 0.3) is 0 Å². The fourth-order valence-corrected chi connectivity index (χ4v) is 2.48. The Balaban J connectivity index is 1.96. The Morgan fingerprint density at radius 1 is 1.53 bits per heavy atom. The molecule has 1 amide bonds. The van der Waals surface area contributed by atoms with Gasteiger partial charge in [0, 0.05) is 18.7 Å². The molecule has 4 heteroatoms. The van der Waals surface area contributed by atoms with Gasteiger partial charge in [0.15, 0.2) is 0 Å². The Hall–Kier alpha value is -1.42. The van der Waals surface area contributed by atoms with Crippen molar-refractivity contribution in [3.05, 3.63) is 30.1 Å². The van der Waals surface area contributed by atoms with E-state index in [0.29, 0.717) is 18.9 Å². The molecule has 1 unspecified atom stereocenters. The van der Waals surface area contributed by atoms with E-state index < -0.39 is 0 Å². The number of rotatable bonds is 5. The quantitative estimate of drug-likeness (QED) is 0.879. The summed E-state index contributed by atoms with van der Waals surface area (Å²) >= 11 is 0. The maximum atomic E-state index is 12.4. The SMILES string of the molecule is CC(C)N(Cc1ccccn1)C(=O)CC1CCNC1. The van der Waals surface area contributed by atoms with E-state index in [-0.39, 0.29) is 11.9 Å². The van der Waals surface area contributed by atoms with Crippen molar-refractivity contribution in [1.82, 2.24) is 15.2 Å². The van der Waals surface area contributed by atoms with Crippen molar-refractivity contribution in [2.45, 2.75) is 39.3 Å². The second-order valence-electron chi connectivity index (χ2n) is 5.50. The first kappa shape index (κ1) is 14.0. The Morgan fingerprint density at radius 2 is 2.37 bits per heavy atom. The molecule has 0 bridgehead atoms. The standard InChI is InChI=1S/C15H23N3O/c1-12(2)18(11-14-5-3-4-7-17-14)15(19)9-13-6-8-16-10-13/h3-5,7,12-13,16H,6,8-11H2,1-2H3. The zero-order chi connectivity index (χ0) is 13.7. The van der Waals surface area contributed by atoms with Crippen LogP contribution in [0.15, 0.2) is 24.4 Å². The molecule has 104 valence electrons. The van der Waals surface area contributed by atoms with Gasteiger partial charge in [-0.05, 0) is 51.4 Å². The molecule has 2 rings (SSSR count). The molecule has 1 aromatic heterocycles. The summed E-state index contributed by atoms with van der Waals surface area (Å²) in [4.78, 5) is 18.7. The van der Waals surface area contributed by atoms with Crippen molar-refractivity contribution >= 4 is 5.91 Å². The zero-order valence-corrected chi connectivity index (χ0v) is 11.8. The van der Waals surface area contributed by atoms with Gasteiger partial charge in [0.2, 0.25) is 5.91 Å². The molecule has 0 radical (unpaired) electrons. The van der Waals surface area contributed by atoms with Gasteiger partial charge in [-0.3, -0.25) is 9.78 Å². The van der Waals surface area contributed by atoms with E-state index in [1.54, 1.807) is 6.20 Å². The molecule has 1 N–H and O–H groups in total. The molecule has 0 aromatic carbocycles. The van der Waals surface area contributed by atoms with E-state index in [4.69, 9.17) is 0 Å². The van der Waals surface area contributed by atoms with Crippen molar-refractivity contribution in [2.75, 3.05) is 13.1 Å². The minimum absolute atomic E-state index is 0.212. The van der Waals surface area contributed by atoms with Crippen LogP contribution in [-0.2, 0) is 11.3 Å². The molecule has 1 atom stereocenters. The van der Waals surface area contributed by atoms with E-state index in [9.17, 15) is 4.79 Å². The van der Waals surface area contributed by atoms with Crippen LogP contribution in [0, 0.1) is 5.92 Å². The lowest BCUT2D eigenvalue weighted by Crippen LogP contribution is -2.37. The number of nitrogens with one attached hydrogen (secondary N) is 1. The smallest absolute Gasteiger partial charge is 0.223 e. The van der Waals surface area contributed by atoms with Gasteiger partial charge < -0.3 is 10.2 Å². The Morgan fingerprint density at radius 3 is 2.95 bits per heavy atom. The van der Waals surface area contributed by atoms with Crippen LogP contribution in [0.2, 0.25) is 0 Å². The third kappa shape index (κ3) is 4.03. The van der Waals surface area contributed by atoms with Gasteiger partial charge in [0.1, 0.15) is 0 Å². The van der Waals surface area contributed by atoms with E-state index >= 15 is 0 Å². The summed E-state index contributed by atoms with van der Waals surface area (Å²) in [5, 5.41) is 3.31. The van der Waals surface area contributed by atoms with Crippen LogP contribution < -0.4 is 5.32 Å². The molecule has 0 spiro atoms. The molecule has 1 aliphatic rings. The van der Waals surface area contributed by atoms with Crippen LogP contribution in [0.3, 0.4) is 0 Å². The fourth-order valence-electron chi connectivity index (χ4n) is 2.48. The van der Waals surface area contributed by atoms with Crippen LogP contribution in [-0.4, -0.2) is 34.9 Å². The van der Waals surface area contributed by atoms with E-state index in [1.165, 1.54) is 0 Å². The maximum absolute atomic E-state index is 12.4. The van der Waals surface area contributed by atoms with E-state index in [0.717, 1.165) is 25.2 Å². The van der Waals surface area contributed by atoms with Crippen molar-refractivity contribution < 1.29 is 4.79 Å². The van der Waals surface area contributed by atoms with Crippen LogP contribution in [0.25, 0.3) is 0 Å². The Labute approximate surface area is 115 Å². The van der Waals surface area contributed by atoms with Gasteiger partial charge in [-0.2, -0.15) is 0 Å². The zero-order valence-electron chi connectivity index (χ0n) is 11.8. The highest BCUT2D eigenvalue weighted by molar-refractivity contribution is 5.76. The molecule has 19 heavy (non-hydrogen) atoms. The topological polar surface area (TPSA) is 45.2 Å². The van der Waals surface area contributed by atoms with Gasteiger partial charge in [0.05, 0.1) is 12.2 Å². The minimum atomic E-state index is 0.212. The molecule has 1 aromatic rings. The molecular formula is C15H23N3O. The molecule has 2 heterocycles. The highest BCUT2D eigenvalue weighted by Crippen LogP contribution is 2.16. The second-order valence-corrected chi connectivity index (χ2v) is 5.50. The van der Waals surface area contributed by atoms with Crippen LogP contribution in [0.4, 0.5) is 0 Å². The molecular weight excluding hydrogens is 238 g/mol. The summed E-state index contributed by atoms with van der Waals surface area (Å²) in [6.07, 6.45) is 3.54. The lowest BCUT2D eigenvalue weighted by molar-refractivity contribution is -0.134. The summed E-state index contributed by atoms with van der Waals surface area (Å²) in [6.45, 7) is 6.75. The van der Waals surface area contributed by atoms with Crippen molar-refractivity contribution in [1.29, 1.82) is 0 Å². The first-order valence-electron chi connectivity index (χ1n) is 7.07. The minimum Gasteiger partial charge on any atom is -0.334 e. The largest absolute Gasteiger partial charge is 0.334 e. The maximum Gasteiger partial charge on any atom is 0.223 e. The van der Waals surface area contributed by atoms with Crippen LogP contribution in [0.5, 0.6) is 0 Å². The van der Waals surface area contributed by atoms with E-state index in [1.807, 2.05) is 23.1 Å². The molecule has 1 fully saturated rings. The van der Waals surface area contributed by atoms with Crippen molar-refractivity contribution in [3.8, 4) is 0 Å². The molecule has 1 aliphatic heterocycles. The first-order valence-corrected chi connectivity index (χ1v) is 7.07. The number of aromatic nitrogens is 1. The molecule has 0 saturated carbocycles. The number of nitrogens with zero attached hydrogens (tertiary/aromatic N) is 2. The molecule has 0 aliphatic carbocycles. The summed E-state index contributed by atoms with van der Waals surface area (Å²) < 4.78 is 0. The molecule has 4 nitrogen and oxygen atoms in total. The monoisotopic (exact) mass is 261 g/mol. The summed E-state index contributed by atoms with van der Waals surface area (Å²) in [7, 11) is 0. The van der Waals surface area contributed by atoms with Gasteiger partial charge in [-0.1, -0.05) is 6.07 Å². The predicted molar refractivity (Wildman–Crippen MR) is 75.5 cm³/mol. The normalized spacial score (nSPS) is 18.8. The Bertz CT molecular complexity index is 399. The lowest BCUT2D eigenvalue weighted by Gasteiger charge is -2.27. The van der Waals surface area contributed by atoms with Gasteiger partial charge >= 0.3 is 0 Å². The highest BCUT2D eigenvalue weighted by atomic mass is 16.2. The van der Waals surface area contributed by atoms with Crippen LogP contribution >= 0.6 is 0 Å². The number of hydrogen-bond donors (Lipinski definition) is 1. The average molecular weight is 261 g/mol. The summed E-state index contributed by atoms with van der Waals surface area (Å²) in [6, 6.07) is 6.05. The van der Waals surface area contributed by atoms with E-state index in [2.05, 4.69) is 24.1 Å². The average Bonchev–Trinajstić information content (AvgIpc) is 2.89.